The summed E-state index contributed by atoms with van der Waals surface area (Å²) in [5.41, 5.74) is 1.28. The van der Waals surface area contributed by atoms with E-state index in [0.29, 0.717) is 22.6 Å². The van der Waals surface area contributed by atoms with Crippen molar-refractivity contribution in [3.63, 3.8) is 0 Å². The van der Waals surface area contributed by atoms with Crippen molar-refractivity contribution in [1.82, 2.24) is 4.98 Å². The summed E-state index contributed by atoms with van der Waals surface area (Å²) in [7, 11) is 2.79. The molecule has 1 aliphatic rings. The summed E-state index contributed by atoms with van der Waals surface area (Å²) < 4.78 is 10.0. The first-order valence-corrected chi connectivity index (χ1v) is 10.7. The van der Waals surface area contributed by atoms with E-state index in [2.05, 4.69) is 4.98 Å². The van der Waals surface area contributed by atoms with Gasteiger partial charge in [-0.15, -0.1) is 0 Å². The minimum Gasteiger partial charge on any atom is -0.507 e. The Hall–Kier alpha value is -3.98. The Balaban J connectivity index is 1.92. The predicted octanol–water partition coefficient (Wildman–Crippen LogP) is 3.87. The van der Waals surface area contributed by atoms with Gasteiger partial charge in [0, 0.05) is 5.56 Å². The number of carbonyl (C=O) groups excluding carboxylic acids is 3. The van der Waals surface area contributed by atoms with Gasteiger partial charge in [0.15, 0.2) is 5.13 Å². The molecular weight excluding hydrogens is 444 g/mol. The van der Waals surface area contributed by atoms with Gasteiger partial charge in [0.05, 0.1) is 31.5 Å². The number of nitrogens with zero attached hydrogens (tertiary/aromatic N) is 2. The Morgan fingerprint density at radius 3 is 2.33 bits per heavy atom. The third-order valence-corrected chi connectivity index (χ3v) is 6.42. The largest absolute Gasteiger partial charge is 0.507 e. The number of esters is 1. The summed E-state index contributed by atoms with van der Waals surface area (Å²) in [6, 6.07) is 14.4. The first-order valence-electron chi connectivity index (χ1n) is 9.93. The number of rotatable bonds is 5. The van der Waals surface area contributed by atoms with E-state index in [1.807, 2.05) is 0 Å². The van der Waals surface area contributed by atoms with Gasteiger partial charge in [0.25, 0.3) is 5.78 Å². The highest BCUT2D eigenvalue weighted by atomic mass is 32.1. The third-order valence-electron chi connectivity index (χ3n) is 5.29. The predicted molar refractivity (Wildman–Crippen MR) is 122 cm³/mol. The maximum Gasteiger partial charge on any atom is 0.350 e. The standard InChI is InChI=1S/C24H20N2O6S/c1-13-21(23(30)32-3)33-24(25-13)26-18(14-9-11-16(31-2)12-10-14)17(20(28)22(26)29)19(27)15-7-5-4-6-8-15/h4-12,18,27H,1-3H3/b19-17+. The SMILES string of the molecule is COC(=O)c1sc(N2C(=O)C(=O)/C(=C(/O)c3ccccc3)C2c2ccc(OC)cc2)nc1C. The molecule has 0 aliphatic carbocycles. The lowest BCUT2D eigenvalue weighted by Gasteiger charge is -2.23. The number of ether oxygens (including phenoxy) is 2. The number of hydrogen-bond acceptors (Lipinski definition) is 8. The lowest BCUT2D eigenvalue weighted by molar-refractivity contribution is -0.132. The lowest BCUT2D eigenvalue weighted by atomic mass is 9.95. The molecule has 0 bridgehead atoms. The third kappa shape index (κ3) is 3.87. The van der Waals surface area contributed by atoms with Gasteiger partial charge in [-0.1, -0.05) is 53.8 Å². The number of amides is 1. The van der Waals surface area contributed by atoms with Crippen LogP contribution in [0.5, 0.6) is 5.75 Å². The number of anilines is 1. The Kier molecular flexibility index (Phi) is 5.97. The average molecular weight is 464 g/mol. The van der Waals surface area contributed by atoms with Crippen molar-refractivity contribution in [2.45, 2.75) is 13.0 Å². The van der Waals surface area contributed by atoms with E-state index >= 15 is 0 Å². The zero-order valence-corrected chi connectivity index (χ0v) is 18.9. The van der Waals surface area contributed by atoms with E-state index in [0.717, 1.165) is 11.3 Å². The highest BCUT2D eigenvalue weighted by Gasteiger charge is 2.48. The number of Topliss-reactive ketones (excluding diaryl/α,β-unsaturated/α-hetero) is 1. The monoisotopic (exact) mass is 464 g/mol. The fourth-order valence-electron chi connectivity index (χ4n) is 3.65. The van der Waals surface area contributed by atoms with Crippen LogP contribution in [-0.4, -0.2) is 42.0 Å². The number of methoxy groups -OCH3 is 2. The van der Waals surface area contributed by atoms with Crippen LogP contribution in [0.25, 0.3) is 5.76 Å². The van der Waals surface area contributed by atoms with E-state index in [1.165, 1.54) is 19.1 Å². The summed E-state index contributed by atoms with van der Waals surface area (Å²) in [4.78, 5) is 44.2. The van der Waals surface area contributed by atoms with Crippen LogP contribution in [0.4, 0.5) is 5.13 Å². The van der Waals surface area contributed by atoms with E-state index < -0.39 is 23.7 Å². The van der Waals surface area contributed by atoms with Gasteiger partial charge in [0.1, 0.15) is 16.4 Å². The minimum atomic E-state index is -0.952. The summed E-state index contributed by atoms with van der Waals surface area (Å²) in [6.07, 6.45) is 0. The van der Waals surface area contributed by atoms with Gasteiger partial charge >= 0.3 is 11.9 Å². The summed E-state index contributed by atoms with van der Waals surface area (Å²) in [5, 5.41) is 11.2. The molecular formula is C24H20N2O6S. The molecule has 0 saturated carbocycles. The Morgan fingerprint density at radius 1 is 1.06 bits per heavy atom. The number of benzene rings is 2. The van der Waals surface area contributed by atoms with Crippen LogP contribution < -0.4 is 9.64 Å². The quantitative estimate of drug-likeness (QED) is 0.264. The molecule has 1 atom stereocenters. The summed E-state index contributed by atoms with van der Waals surface area (Å²) >= 11 is 0.949. The zero-order valence-electron chi connectivity index (χ0n) is 18.1. The van der Waals surface area contributed by atoms with E-state index in [4.69, 9.17) is 9.47 Å². The Bertz CT molecular complexity index is 1260. The van der Waals surface area contributed by atoms with Crippen molar-refractivity contribution >= 4 is 39.9 Å². The minimum absolute atomic E-state index is 0.0659. The first kappa shape index (κ1) is 22.2. The zero-order chi connectivity index (χ0) is 23.7. The highest BCUT2D eigenvalue weighted by molar-refractivity contribution is 7.17. The van der Waals surface area contributed by atoms with Gasteiger partial charge in [-0.05, 0) is 24.6 Å². The molecule has 1 saturated heterocycles. The van der Waals surface area contributed by atoms with Crippen LogP contribution in [0.3, 0.4) is 0 Å². The lowest BCUT2D eigenvalue weighted by Crippen LogP contribution is -2.29. The molecule has 2 heterocycles. The number of carbonyl (C=O) groups is 3. The number of aromatic nitrogens is 1. The van der Waals surface area contributed by atoms with Crippen LogP contribution in [0.15, 0.2) is 60.2 Å². The van der Waals surface area contributed by atoms with Crippen molar-refractivity contribution in [1.29, 1.82) is 0 Å². The molecule has 1 amide bonds. The van der Waals surface area contributed by atoms with Crippen LogP contribution >= 0.6 is 11.3 Å². The molecule has 1 N–H and O–H groups in total. The average Bonchev–Trinajstić information content (AvgIpc) is 3.35. The van der Waals surface area contributed by atoms with Gasteiger partial charge < -0.3 is 14.6 Å². The van der Waals surface area contributed by atoms with Crippen molar-refractivity contribution in [3.8, 4) is 5.75 Å². The van der Waals surface area contributed by atoms with Gasteiger partial charge in [-0.3, -0.25) is 14.5 Å². The number of ketones is 1. The molecule has 33 heavy (non-hydrogen) atoms. The highest BCUT2D eigenvalue weighted by Crippen LogP contribution is 2.44. The Morgan fingerprint density at radius 2 is 1.73 bits per heavy atom. The van der Waals surface area contributed by atoms with Crippen molar-refractivity contribution in [2.75, 3.05) is 19.1 Å². The maximum absolute atomic E-state index is 13.2. The normalized spacial score (nSPS) is 17.3. The molecule has 3 aromatic rings. The van der Waals surface area contributed by atoms with Crippen LogP contribution in [0.1, 0.15) is 32.5 Å². The van der Waals surface area contributed by atoms with Crippen LogP contribution in [-0.2, 0) is 14.3 Å². The summed E-state index contributed by atoms with van der Waals surface area (Å²) in [6.45, 7) is 1.62. The van der Waals surface area contributed by atoms with Crippen LogP contribution in [0.2, 0.25) is 0 Å². The number of thiazole rings is 1. The van der Waals surface area contributed by atoms with Crippen LogP contribution in [0, 0.1) is 6.92 Å². The fraction of sp³-hybridized carbons (Fsp3) is 0.167. The topological polar surface area (TPSA) is 106 Å². The van der Waals surface area contributed by atoms with Gasteiger partial charge in [-0.25, -0.2) is 9.78 Å². The molecule has 0 spiro atoms. The second kappa shape index (κ2) is 8.87. The van der Waals surface area contributed by atoms with Gasteiger partial charge in [-0.2, -0.15) is 0 Å². The van der Waals surface area contributed by atoms with Gasteiger partial charge in [0.2, 0.25) is 0 Å². The molecule has 1 fully saturated rings. The maximum atomic E-state index is 13.2. The second-order valence-corrected chi connectivity index (χ2v) is 8.19. The first-order chi connectivity index (χ1) is 15.9. The molecule has 9 heteroatoms. The second-order valence-electron chi connectivity index (χ2n) is 7.21. The van der Waals surface area contributed by atoms with E-state index in [-0.39, 0.29) is 21.3 Å². The summed E-state index contributed by atoms with van der Waals surface area (Å²) in [5.74, 6) is -1.98. The molecule has 168 valence electrons. The molecule has 4 rings (SSSR count). The molecule has 8 nitrogen and oxygen atoms in total. The van der Waals surface area contributed by atoms with Crippen molar-refractivity contribution in [2.24, 2.45) is 0 Å². The number of aliphatic hydroxyl groups excluding tert-OH is 1. The van der Waals surface area contributed by atoms with E-state index in [9.17, 15) is 19.5 Å². The molecule has 1 aliphatic heterocycles. The van der Waals surface area contributed by atoms with Crippen molar-refractivity contribution < 1.29 is 29.0 Å². The molecule has 1 unspecified atom stereocenters. The molecule has 0 radical (unpaired) electrons. The molecule has 1 aromatic heterocycles. The van der Waals surface area contributed by atoms with E-state index in [1.54, 1.807) is 61.5 Å². The number of aryl methyl sites for hydroxylation is 1. The Labute approximate surface area is 193 Å². The number of aliphatic hydroxyl groups is 1. The van der Waals surface area contributed by atoms with Crippen molar-refractivity contribution in [3.05, 3.63) is 81.9 Å². The number of hydrogen-bond donors (Lipinski definition) is 1. The molecule has 2 aromatic carbocycles. The smallest absolute Gasteiger partial charge is 0.350 e. The fourth-order valence-corrected chi connectivity index (χ4v) is 4.66.